The lowest BCUT2D eigenvalue weighted by Gasteiger charge is -2.30. The molecule has 7 heteroatoms. The SMILES string of the molecule is CC(C)OC(=O)C1=CN(C(=O)c2cccc(CN3CCSCC3)c2)CC(C)(C)c2c1[nH]c1ccccc21. The van der Waals surface area contributed by atoms with E-state index in [1.54, 1.807) is 11.1 Å². The fourth-order valence-corrected chi connectivity index (χ4v) is 6.35. The molecule has 0 unspecified atom stereocenters. The van der Waals surface area contributed by atoms with E-state index in [0.29, 0.717) is 17.7 Å². The highest BCUT2D eigenvalue weighted by Crippen LogP contribution is 2.40. The molecule has 1 amide bonds. The molecule has 3 aromatic rings. The minimum Gasteiger partial charge on any atom is -0.459 e. The van der Waals surface area contributed by atoms with Gasteiger partial charge in [-0.1, -0.05) is 44.2 Å². The Morgan fingerprint density at radius 3 is 2.59 bits per heavy atom. The molecule has 1 aromatic heterocycles. The lowest BCUT2D eigenvalue weighted by molar-refractivity contribution is -0.140. The second-order valence-corrected chi connectivity index (χ2v) is 12.0. The van der Waals surface area contributed by atoms with Crippen molar-refractivity contribution in [3.8, 4) is 0 Å². The number of nitrogens with zero attached hydrogens (tertiary/aromatic N) is 2. The summed E-state index contributed by atoms with van der Waals surface area (Å²) in [6, 6.07) is 16.0. The number of fused-ring (bicyclic) bond motifs is 3. The highest BCUT2D eigenvalue weighted by molar-refractivity contribution is 7.99. The molecular formula is C30H35N3O3S. The fraction of sp³-hybridized carbons (Fsp3) is 0.400. The Balaban J connectivity index is 1.53. The molecule has 0 radical (unpaired) electrons. The van der Waals surface area contributed by atoms with E-state index in [4.69, 9.17) is 4.74 Å². The van der Waals surface area contributed by atoms with Crippen molar-refractivity contribution in [2.24, 2.45) is 0 Å². The van der Waals surface area contributed by atoms with Gasteiger partial charge in [-0.2, -0.15) is 11.8 Å². The second kappa shape index (κ2) is 10.4. The number of aromatic nitrogens is 1. The van der Waals surface area contributed by atoms with Crippen LogP contribution in [0, 0.1) is 0 Å². The molecule has 5 rings (SSSR count). The Morgan fingerprint density at radius 2 is 1.84 bits per heavy atom. The quantitative estimate of drug-likeness (QED) is 0.457. The molecule has 0 aliphatic carbocycles. The summed E-state index contributed by atoms with van der Waals surface area (Å²) in [4.78, 5) is 34.8. The van der Waals surface area contributed by atoms with Crippen LogP contribution >= 0.6 is 11.8 Å². The molecule has 0 atom stereocenters. The number of nitrogens with one attached hydrogen (secondary N) is 1. The van der Waals surface area contributed by atoms with Gasteiger partial charge in [0, 0.05) is 65.8 Å². The molecule has 0 spiro atoms. The van der Waals surface area contributed by atoms with E-state index < -0.39 is 11.4 Å². The third-order valence-electron chi connectivity index (χ3n) is 7.01. The molecule has 1 N–H and O–H groups in total. The fourth-order valence-electron chi connectivity index (χ4n) is 5.37. The molecule has 2 aromatic carbocycles. The first kappa shape index (κ1) is 25.6. The van der Waals surface area contributed by atoms with Crippen molar-refractivity contribution in [3.05, 3.63) is 77.1 Å². The minimum absolute atomic E-state index is 0.117. The Kier molecular flexibility index (Phi) is 7.19. The summed E-state index contributed by atoms with van der Waals surface area (Å²) in [6.45, 7) is 11.3. The number of benzene rings is 2. The van der Waals surface area contributed by atoms with Gasteiger partial charge in [0.15, 0.2) is 0 Å². The van der Waals surface area contributed by atoms with Gasteiger partial charge >= 0.3 is 5.97 Å². The third-order valence-corrected chi connectivity index (χ3v) is 7.95. The maximum atomic E-state index is 13.9. The Hall–Kier alpha value is -3.03. The van der Waals surface area contributed by atoms with Gasteiger partial charge in [-0.15, -0.1) is 0 Å². The van der Waals surface area contributed by atoms with Crippen molar-refractivity contribution < 1.29 is 14.3 Å². The number of ether oxygens (including phenoxy) is 1. The summed E-state index contributed by atoms with van der Waals surface area (Å²) in [5.74, 6) is 1.75. The van der Waals surface area contributed by atoms with Crippen molar-refractivity contribution in [2.75, 3.05) is 31.1 Å². The van der Waals surface area contributed by atoms with Crippen LogP contribution in [0.4, 0.5) is 0 Å². The van der Waals surface area contributed by atoms with Gasteiger partial charge in [-0.3, -0.25) is 9.69 Å². The van der Waals surface area contributed by atoms with E-state index in [1.807, 2.05) is 62.0 Å². The maximum absolute atomic E-state index is 13.9. The van der Waals surface area contributed by atoms with Crippen molar-refractivity contribution in [2.45, 2.75) is 45.8 Å². The van der Waals surface area contributed by atoms with E-state index in [1.165, 1.54) is 0 Å². The topological polar surface area (TPSA) is 65.6 Å². The normalized spacial score (nSPS) is 17.9. The zero-order chi connectivity index (χ0) is 26.2. The standard InChI is InChI=1S/C30H35N3O3S/c1-20(2)36-29(35)24-18-33(19-30(3,4)26-23-10-5-6-11-25(23)31-27(24)26)28(34)22-9-7-8-21(16-22)17-32-12-14-37-15-13-32/h5-11,16,18,20,31H,12-15,17,19H2,1-4H3. The monoisotopic (exact) mass is 517 g/mol. The number of aromatic amines is 1. The number of hydrogen-bond acceptors (Lipinski definition) is 5. The van der Waals surface area contributed by atoms with Gasteiger partial charge in [0.1, 0.15) is 0 Å². The van der Waals surface area contributed by atoms with Gasteiger partial charge < -0.3 is 14.6 Å². The molecule has 6 nitrogen and oxygen atoms in total. The van der Waals surface area contributed by atoms with E-state index in [-0.39, 0.29) is 12.0 Å². The molecule has 0 bridgehead atoms. The summed E-state index contributed by atoms with van der Waals surface area (Å²) >= 11 is 1.99. The molecular weight excluding hydrogens is 482 g/mol. The number of thioether (sulfide) groups is 1. The lowest BCUT2D eigenvalue weighted by Crippen LogP contribution is -2.37. The number of carbonyl (C=O) groups is 2. The van der Waals surface area contributed by atoms with Crippen molar-refractivity contribution in [1.82, 2.24) is 14.8 Å². The zero-order valence-corrected chi connectivity index (χ0v) is 22.9. The first-order valence-electron chi connectivity index (χ1n) is 13.0. The Morgan fingerprint density at radius 1 is 1.08 bits per heavy atom. The highest BCUT2D eigenvalue weighted by atomic mass is 32.2. The summed E-state index contributed by atoms with van der Waals surface area (Å²) < 4.78 is 5.63. The third kappa shape index (κ3) is 5.34. The van der Waals surface area contributed by atoms with Gasteiger partial charge in [0.25, 0.3) is 5.91 Å². The second-order valence-electron chi connectivity index (χ2n) is 10.8. The van der Waals surface area contributed by atoms with Crippen molar-refractivity contribution in [3.63, 3.8) is 0 Å². The number of rotatable bonds is 5. The van der Waals surface area contributed by atoms with Crippen LogP contribution in [0.5, 0.6) is 0 Å². The number of esters is 1. The predicted molar refractivity (Wildman–Crippen MR) is 151 cm³/mol. The van der Waals surface area contributed by atoms with Gasteiger partial charge in [0.2, 0.25) is 0 Å². The van der Waals surface area contributed by atoms with E-state index >= 15 is 0 Å². The number of H-pyrrole nitrogens is 1. The molecule has 194 valence electrons. The summed E-state index contributed by atoms with van der Waals surface area (Å²) in [5.41, 5.74) is 4.44. The van der Waals surface area contributed by atoms with Crippen molar-refractivity contribution in [1.29, 1.82) is 0 Å². The van der Waals surface area contributed by atoms with Crippen LogP contribution < -0.4 is 0 Å². The van der Waals surface area contributed by atoms with E-state index in [0.717, 1.165) is 58.9 Å². The number of hydrogen-bond donors (Lipinski definition) is 1. The molecule has 1 saturated heterocycles. The molecule has 1 fully saturated rings. The Bertz CT molecular complexity index is 1350. The van der Waals surface area contributed by atoms with E-state index in [2.05, 4.69) is 35.9 Å². The average molecular weight is 518 g/mol. The van der Waals surface area contributed by atoms with Crippen LogP contribution in [0.25, 0.3) is 16.5 Å². The largest absolute Gasteiger partial charge is 0.459 e. The van der Waals surface area contributed by atoms with Crippen LogP contribution in [0.2, 0.25) is 0 Å². The number of amides is 1. The van der Waals surface area contributed by atoms with Crippen molar-refractivity contribution >= 4 is 40.1 Å². The highest BCUT2D eigenvalue weighted by Gasteiger charge is 2.37. The molecule has 2 aliphatic rings. The first-order chi connectivity index (χ1) is 17.7. The summed E-state index contributed by atoms with van der Waals surface area (Å²) in [5, 5.41) is 1.06. The average Bonchev–Trinajstić information content (AvgIpc) is 3.21. The van der Waals surface area contributed by atoms with Crippen LogP contribution in [-0.2, 0) is 21.5 Å². The zero-order valence-electron chi connectivity index (χ0n) is 22.0. The van der Waals surface area contributed by atoms with Gasteiger partial charge in [0.05, 0.1) is 17.4 Å². The number of para-hydroxylation sites is 1. The maximum Gasteiger partial charge on any atom is 0.342 e. The smallest absolute Gasteiger partial charge is 0.342 e. The molecule has 3 heterocycles. The van der Waals surface area contributed by atoms with Gasteiger partial charge in [-0.25, -0.2) is 4.79 Å². The minimum atomic E-state index is -0.435. The molecule has 37 heavy (non-hydrogen) atoms. The Labute approximate surface area is 223 Å². The van der Waals surface area contributed by atoms with Crippen LogP contribution in [0.3, 0.4) is 0 Å². The van der Waals surface area contributed by atoms with Gasteiger partial charge in [-0.05, 0) is 43.2 Å². The first-order valence-corrected chi connectivity index (χ1v) is 14.1. The van der Waals surface area contributed by atoms with Crippen LogP contribution in [-0.4, -0.2) is 63.9 Å². The molecule has 2 aliphatic heterocycles. The summed E-state index contributed by atoms with van der Waals surface area (Å²) in [6.07, 6.45) is 1.41. The van der Waals surface area contributed by atoms with E-state index in [9.17, 15) is 9.59 Å². The van der Waals surface area contributed by atoms with Crippen LogP contribution in [0.1, 0.15) is 54.9 Å². The lowest BCUT2D eigenvalue weighted by atomic mass is 9.81. The molecule has 0 saturated carbocycles. The summed E-state index contributed by atoms with van der Waals surface area (Å²) in [7, 11) is 0. The predicted octanol–water partition coefficient (Wildman–Crippen LogP) is 5.44. The van der Waals surface area contributed by atoms with Crippen LogP contribution in [0.15, 0.2) is 54.7 Å². The number of carbonyl (C=O) groups excluding carboxylic acids is 2.